The van der Waals surface area contributed by atoms with Crippen molar-refractivity contribution in [1.82, 2.24) is 9.97 Å². The molecule has 2 unspecified atom stereocenters. The number of ether oxygens (including phenoxy) is 1. The first-order chi connectivity index (χ1) is 22.9. The third-order valence-electron chi connectivity index (χ3n) is 8.48. The highest BCUT2D eigenvalue weighted by Gasteiger charge is 2.38. The molecule has 1 aliphatic rings. The lowest BCUT2D eigenvalue weighted by molar-refractivity contribution is -0.143. The first-order valence-corrected chi connectivity index (χ1v) is 17.4. The normalized spacial score (nSPS) is 15.7. The summed E-state index contributed by atoms with van der Waals surface area (Å²) in [6.07, 6.45) is -8.30. The summed E-state index contributed by atoms with van der Waals surface area (Å²) < 4.78 is 142. The molecule has 1 saturated carbocycles. The molecule has 1 aromatic heterocycles. The number of alkyl halides is 9. The Morgan fingerprint density at radius 2 is 1.51 bits per heavy atom. The lowest BCUT2D eigenvalue weighted by atomic mass is 9.98. The molecule has 2 aromatic carbocycles. The van der Waals surface area contributed by atoms with Crippen molar-refractivity contribution in [1.29, 1.82) is 0 Å². The maximum atomic E-state index is 13.9. The second-order valence-electron chi connectivity index (χ2n) is 12.0. The maximum Gasteiger partial charge on any atom is 0.416 e. The molecular weight excluding hydrogens is 687 g/mol. The first-order valence-electron chi connectivity index (χ1n) is 15.6. The van der Waals surface area contributed by atoms with Crippen LogP contribution in [0.2, 0.25) is 0 Å². The fourth-order valence-electron chi connectivity index (χ4n) is 5.85. The number of aromatic nitrogens is 2. The molecule has 1 heterocycles. The average Bonchev–Trinajstić information content (AvgIpc) is 3.54. The molecule has 0 spiro atoms. The summed E-state index contributed by atoms with van der Waals surface area (Å²) in [5, 5.41) is 0. The standard InChI is InChI=1S/C33H37F9N4O2S/c1-4-45(19-22-7-5-6-8-22)28-18-25(31(34,35)36)10-9-23(28)20-46(30-43-12-11-29(44-30)48-13-14-49(3)47)21(2)24-15-26(32(37,38)39)17-27(16-24)33(40,41)42/h9-12,15-18,21-22H,4-8,13-14,19-20H2,1-3H3. The molecule has 0 aliphatic heterocycles. The van der Waals surface area contributed by atoms with Crippen LogP contribution in [0.1, 0.15) is 73.4 Å². The minimum atomic E-state index is -5.10. The van der Waals surface area contributed by atoms with Gasteiger partial charge in [0.25, 0.3) is 0 Å². The Balaban J connectivity index is 1.86. The average molecular weight is 725 g/mol. The van der Waals surface area contributed by atoms with Crippen LogP contribution in [0.3, 0.4) is 0 Å². The van der Waals surface area contributed by atoms with E-state index in [1.165, 1.54) is 36.4 Å². The predicted molar refractivity (Wildman–Crippen MR) is 169 cm³/mol. The van der Waals surface area contributed by atoms with Crippen LogP contribution in [0.4, 0.5) is 51.1 Å². The quantitative estimate of drug-likeness (QED) is 0.164. The third kappa shape index (κ3) is 10.2. The molecule has 49 heavy (non-hydrogen) atoms. The summed E-state index contributed by atoms with van der Waals surface area (Å²) in [6, 6.07) is 4.55. The van der Waals surface area contributed by atoms with Gasteiger partial charge in [-0.25, -0.2) is 4.98 Å². The lowest BCUT2D eigenvalue weighted by Gasteiger charge is -2.34. The summed E-state index contributed by atoms with van der Waals surface area (Å²) >= 11 is 0. The highest BCUT2D eigenvalue weighted by molar-refractivity contribution is 7.84. The van der Waals surface area contributed by atoms with Gasteiger partial charge in [-0.3, -0.25) is 4.21 Å². The van der Waals surface area contributed by atoms with Crippen LogP contribution in [-0.4, -0.2) is 45.9 Å². The molecule has 0 saturated heterocycles. The summed E-state index contributed by atoms with van der Waals surface area (Å²) in [5.41, 5.74) is -3.73. The Bertz CT molecular complexity index is 1560. The van der Waals surface area contributed by atoms with Gasteiger partial charge in [0.1, 0.15) is 6.61 Å². The van der Waals surface area contributed by atoms with E-state index < -0.39 is 52.1 Å². The lowest BCUT2D eigenvalue weighted by Crippen LogP contribution is -2.33. The minimum absolute atomic E-state index is 0.00302. The molecule has 4 rings (SSSR count). The highest BCUT2D eigenvalue weighted by atomic mass is 32.2. The molecule has 270 valence electrons. The van der Waals surface area contributed by atoms with Crippen molar-refractivity contribution >= 4 is 22.4 Å². The van der Waals surface area contributed by atoms with Gasteiger partial charge in [0.2, 0.25) is 11.8 Å². The fraction of sp³-hybridized carbons (Fsp3) is 0.515. The summed E-state index contributed by atoms with van der Waals surface area (Å²) in [4.78, 5) is 11.7. The van der Waals surface area contributed by atoms with E-state index in [1.807, 2.05) is 4.90 Å². The monoisotopic (exact) mass is 724 g/mol. The summed E-state index contributed by atoms with van der Waals surface area (Å²) in [6.45, 7) is 3.70. The molecule has 0 radical (unpaired) electrons. The first kappa shape index (κ1) is 38.2. The highest BCUT2D eigenvalue weighted by Crippen LogP contribution is 2.41. The van der Waals surface area contributed by atoms with Crippen LogP contribution in [-0.2, 0) is 35.9 Å². The number of anilines is 2. The van der Waals surface area contributed by atoms with Crippen molar-refractivity contribution in [3.8, 4) is 5.88 Å². The van der Waals surface area contributed by atoms with Crippen molar-refractivity contribution in [3.63, 3.8) is 0 Å². The number of halogens is 9. The SMILES string of the molecule is CCN(CC1CCCC1)c1cc(C(F)(F)F)ccc1CN(c1nccc(OCCS(C)=O)n1)C(C)c1cc(C(F)(F)F)cc(C(F)(F)F)c1. The van der Waals surface area contributed by atoms with E-state index in [1.54, 1.807) is 6.92 Å². The van der Waals surface area contributed by atoms with Gasteiger partial charge in [0.15, 0.2) is 0 Å². The maximum absolute atomic E-state index is 13.9. The Kier molecular flexibility index (Phi) is 12.1. The Morgan fingerprint density at radius 1 is 0.898 bits per heavy atom. The van der Waals surface area contributed by atoms with Crippen molar-refractivity contribution in [2.45, 2.75) is 70.6 Å². The van der Waals surface area contributed by atoms with E-state index in [0.29, 0.717) is 30.8 Å². The van der Waals surface area contributed by atoms with Crippen molar-refractivity contribution in [2.24, 2.45) is 5.92 Å². The fourth-order valence-corrected chi connectivity index (χ4v) is 6.17. The number of nitrogens with zero attached hydrogens (tertiary/aromatic N) is 4. The molecule has 2 atom stereocenters. The van der Waals surface area contributed by atoms with Crippen LogP contribution < -0.4 is 14.5 Å². The third-order valence-corrected chi connectivity index (χ3v) is 9.23. The van der Waals surface area contributed by atoms with Crippen molar-refractivity contribution < 1.29 is 48.5 Å². The number of hydrogen-bond acceptors (Lipinski definition) is 6. The number of rotatable bonds is 13. The molecule has 6 nitrogen and oxygen atoms in total. The Hall–Kier alpha value is -3.56. The summed E-state index contributed by atoms with van der Waals surface area (Å²) in [5.74, 6) is 0.250. The van der Waals surface area contributed by atoms with E-state index >= 15 is 0 Å². The zero-order valence-corrected chi connectivity index (χ0v) is 27.9. The molecule has 0 N–H and O–H groups in total. The van der Waals surface area contributed by atoms with Crippen LogP contribution in [0.25, 0.3) is 0 Å². The second kappa shape index (κ2) is 15.5. The van der Waals surface area contributed by atoms with Gasteiger partial charge in [-0.2, -0.15) is 44.5 Å². The van der Waals surface area contributed by atoms with Gasteiger partial charge in [0.05, 0.1) is 28.5 Å². The van der Waals surface area contributed by atoms with Gasteiger partial charge >= 0.3 is 18.5 Å². The van der Waals surface area contributed by atoms with E-state index in [2.05, 4.69) is 9.97 Å². The van der Waals surface area contributed by atoms with E-state index in [0.717, 1.165) is 37.8 Å². The largest absolute Gasteiger partial charge is 0.477 e. The van der Waals surface area contributed by atoms with Crippen LogP contribution in [0.5, 0.6) is 5.88 Å². The van der Waals surface area contributed by atoms with Crippen LogP contribution in [0.15, 0.2) is 48.7 Å². The van der Waals surface area contributed by atoms with Gasteiger partial charge in [-0.05, 0) is 74.1 Å². The molecule has 1 aliphatic carbocycles. The van der Waals surface area contributed by atoms with Gasteiger partial charge in [0, 0.05) is 54.6 Å². The molecule has 3 aromatic rings. The molecule has 0 amide bonds. The van der Waals surface area contributed by atoms with Crippen LogP contribution >= 0.6 is 0 Å². The number of hydrogen-bond donors (Lipinski definition) is 0. The zero-order valence-electron chi connectivity index (χ0n) is 27.1. The van der Waals surface area contributed by atoms with E-state index in [4.69, 9.17) is 4.74 Å². The summed E-state index contributed by atoms with van der Waals surface area (Å²) in [7, 11) is -1.20. The minimum Gasteiger partial charge on any atom is -0.477 e. The van der Waals surface area contributed by atoms with Gasteiger partial charge in [-0.15, -0.1) is 0 Å². The second-order valence-corrected chi connectivity index (χ2v) is 13.5. The van der Waals surface area contributed by atoms with Crippen LogP contribution in [0, 0.1) is 5.92 Å². The smallest absolute Gasteiger partial charge is 0.416 e. The topological polar surface area (TPSA) is 58.6 Å². The predicted octanol–water partition coefficient (Wildman–Crippen LogP) is 9.07. The van der Waals surface area contributed by atoms with Gasteiger partial charge < -0.3 is 14.5 Å². The Morgan fingerprint density at radius 3 is 2.06 bits per heavy atom. The van der Waals surface area contributed by atoms with E-state index in [9.17, 15) is 43.7 Å². The zero-order chi connectivity index (χ0) is 36.1. The molecular formula is C33H37F9N4O2S. The molecule has 0 bridgehead atoms. The number of benzene rings is 2. The molecule has 1 fully saturated rings. The molecule has 16 heteroatoms. The van der Waals surface area contributed by atoms with Crippen molar-refractivity contribution in [2.75, 3.05) is 41.5 Å². The van der Waals surface area contributed by atoms with Crippen molar-refractivity contribution in [3.05, 3.63) is 76.5 Å². The van der Waals surface area contributed by atoms with E-state index in [-0.39, 0.29) is 54.0 Å². The van der Waals surface area contributed by atoms with Gasteiger partial charge in [-0.1, -0.05) is 18.9 Å². The Labute approximate surface area is 281 Å².